The van der Waals surface area contributed by atoms with Crippen LogP contribution in [0.15, 0.2) is 0 Å². The van der Waals surface area contributed by atoms with Crippen LogP contribution in [0.25, 0.3) is 0 Å². The van der Waals surface area contributed by atoms with Crippen LogP contribution >= 0.6 is 0 Å². The predicted octanol–water partition coefficient (Wildman–Crippen LogP) is 3.10. The topological polar surface area (TPSA) is 35.2 Å². The first-order valence-electron chi connectivity index (χ1n) is 5.99. The summed E-state index contributed by atoms with van der Waals surface area (Å²) in [6.45, 7) is 8.42. The Balaban J connectivity index is 3.40. The SMILES string of the molecule is CCCCCCC(C)OC(C)C(C)N. The number of unbranched alkanes of at least 4 members (excludes halogenated alkanes) is 3. The Kier molecular flexibility index (Phi) is 8.20. The smallest absolute Gasteiger partial charge is 0.0698 e. The molecule has 0 rings (SSSR count). The van der Waals surface area contributed by atoms with Crippen LogP contribution in [0.2, 0.25) is 0 Å². The van der Waals surface area contributed by atoms with E-state index in [2.05, 4.69) is 13.8 Å². The Morgan fingerprint density at radius 2 is 1.71 bits per heavy atom. The van der Waals surface area contributed by atoms with Crippen LogP contribution in [-0.2, 0) is 4.74 Å². The maximum absolute atomic E-state index is 5.77. The average Bonchev–Trinajstić information content (AvgIpc) is 2.12. The fraction of sp³-hybridized carbons (Fsp3) is 1.00. The average molecular weight is 201 g/mol. The van der Waals surface area contributed by atoms with Crippen LogP contribution in [0.1, 0.15) is 59.8 Å². The highest BCUT2D eigenvalue weighted by Crippen LogP contribution is 2.10. The lowest BCUT2D eigenvalue weighted by Crippen LogP contribution is -2.33. The van der Waals surface area contributed by atoms with Gasteiger partial charge in [0.25, 0.3) is 0 Å². The van der Waals surface area contributed by atoms with Gasteiger partial charge in [-0.1, -0.05) is 32.6 Å². The van der Waals surface area contributed by atoms with E-state index in [1.165, 1.54) is 25.7 Å². The molecule has 0 aromatic carbocycles. The molecule has 0 saturated carbocycles. The monoisotopic (exact) mass is 201 g/mol. The van der Waals surface area contributed by atoms with Gasteiger partial charge in [0.15, 0.2) is 0 Å². The standard InChI is InChI=1S/C12H27NO/c1-5-6-7-8-9-10(2)14-12(4)11(3)13/h10-12H,5-9,13H2,1-4H3. The lowest BCUT2D eigenvalue weighted by atomic mass is 10.1. The molecule has 0 fully saturated rings. The summed E-state index contributed by atoms with van der Waals surface area (Å²) in [4.78, 5) is 0. The number of hydrogen-bond donors (Lipinski definition) is 1. The largest absolute Gasteiger partial charge is 0.374 e. The van der Waals surface area contributed by atoms with Gasteiger partial charge in [-0.3, -0.25) is 0 Å². The van der Waals surface area contributed by atoms with E-state index in [0.29, 0.717) is 6.10 Å². The molecule has 14 heavy (non-hydrogen) atoms. The molecule has 0 saturated heterocycles. The van der Waals surface area contributed by atoms with Crippen LogP contribution in [0.4, 0.5) is 0 Å². The quantitative estimate of drug-likeness (QED) is 0.612. The van der Waals surface area contributed by atoms with Crippen molar-refractivity contribution in [1.29, 1.82) is 0 Å². The minimum Gasteiger partial charge on any atom is -0.374 e. The zero-order valence-electron chi connectivity index (χ0n) is 10.3. The Labute approximate surface area is 89.2 Å². The van der Waals surface area contributed by atoms with E-state index in [0.717, 1.165) is 6.42 Å². The Morgan fingerprint density at radius 1 is 1.07 bits per heavy atom. The third kappa shape index (κ3) is 7.34. The molecule has 2 nitrogen and oxygen atoms in total. The second kappa shape index (κ2) is 8.25. The molecule has 86 valence electrons. The van der Waals surface area contributed by atoms with Gasteiger partial charge in [0.05, 0.1) is 12.2 Å². The number of rotatable bonds is 8. The van der Waals surface area contributed by atoms with E-state index in [1.807, 2.05) is 13.8 Å². The molecule has 3 unspecified atom stereocenters. The van der Waals surface area contributed by atoms with Crippen LogP contribution < -0.4 is 5.73 Å². The summed E-state index contributed by atoms with van der Waals surface area (Å²) in [6, 6.07) is 0.132. The van der Waals surface area contributed by atoms with Crippen molar-refractivity contribution in [3.05, 3.63) is 0 Å². The van der Waals surface area contributed by atoms with Crippen molar-refractivity contribution in [2.75, 3.05) is 0 Å². The highest BCUT2D eigenvalue weighted by Gasteiger charge is 2.11. The third-order valence-electron chi connectivity index (χ3n) is 2.65. The number of nitrogens with two attached hydrogens (primary N) is 1. The normalized spacial score (nSPS) is 17.8. The number of ether oxygens (including phenoxy) is 1. The van der Waals surface area contributed by atoms with Gasteiger partial charge in [0.1, 0.15) is 0 Å². The summed E-state index contributed by atoms with van der Waals surface area (Å²) in [5.74, 6) is 0. The van der Waals surface area contributed by atoms with E-state index < -0.39 is 0 Å². The van der Waals surface area contributed by atoms with Gasteiger partial charge in [-0.05, 0) is 27.2 Å². The maximum atomic E-state index is 5.77. The summed E-state index contributed by atoms with van der Waals surface area (Å²) >= 11 is 0. The minimum atomic E-state index is 0.132. The molecule has 0 spiro atoms. The van der Waals surface area contributed by atoms with Gasteiger partial charge in [-0.15, -0.1) is 0 Å². The van der Waals surface area contributed by atoms with Crippen molar-refractivity contribution >= 4 is 0 Å². The molecule has 0 heterocycles. The lowest BCUT2D eigenvalue weighted by Gasteiger charge is -2.21. The van der Waals surface area contributed by atoms with E-state index in [1.54, 1.807) is 0 Å². The molecule has 0 amide bonds. The summed E-state index contributed by atoms with van der Waals surface area (Å²) in [5.41, 5.74) is 5.74. The maximum Gasteiger partial charge on any atom is 0.0698 e. The van der Waals surface area contributed by atoms with E-state index in [-0.39, 0.29) is 12.1 Å². The van der Waals surface area contributed by atoms with Gasteiger partial charge in [-0.2, -0.15) is 0 Å². The lowest BCUT2D eigenvalue weighted by molar-refractivity contribution is -0.00713. The second-order valence-electron chi connectivity index (χ2n) is 4.36. The Bertz CT molecular complexity index is 125. The van der Waals surface area contributed by atoms with Gasteiger partial charge in [0, 0.05) is 6.04 Å². The van der Waals surface area contributed by atoms with E-state index in [4.69, 9.17) is 10.5 Å². The van der Waals surface area contributed by atoms with Crippen molar-refractivity contribution in [1.82, 2.24) is 0 Å². The van der Waals surface area contributed by atoms with Crippen LogP contribution in [-0.4, -0.2) is 18.2 Å². The molecule has 0 radical (unpaired) electrons. The van der Waals surface area contributed by atoms with Crippen molar-refractivity contribution in [2.45, 2.75) is 78.0 Å². The molecule has 2 heteroatoms. The summed E-state index contributed by atoms with van der Waals surface area (Å²) in [7, 11) is 0. The Hall–Kier alpha value is -0.0800. The molecule has 0 aliphatic rings. The molecule has 0 aliphatic heterocycles. The summed E-state index contributed by atoms with van der Waals surface area (Å²) in [5, 5.41) is 0. The van der Waals surface area contributed by atoms with Crippen molar-refractivity contribution < 1.29 is 4.74 Å². The first kappa shape index (κ1) is 13.9. The predicted molar refractivity (Wildman–Crippen MR) is 62.4 cm³/mol. The molecule has 3 atom stereocenters. The molecule has 0 bridgehead atoms. The van der Waals surface area contributed by atoms with Crippen molar-refractivity contribution in [2.24, 2.45) is 5.73 Å². The van der Waals surface area contributed by atoms with E-state index in [9.17, 15) is 0 Å². The van der Waals surface area contributed by atoms with E-state index >= 15 is 0 Å². The number of hydrogen-bond acceptors (Lipinski definition) is 2. The van der Waals surface area contributed by atoms with Gasteiger partial charge in [-0.25, -0.2) is 0 Å². The summed E-state index contributed by atoms with van der Waals surface area (Å²) in [6.07, 6.45) is 6.94. The van der Waals surface area contributed by atoms with Crippen LogP contribution in [0.5, 0.6) is 0 Å². The fourth-order valence-corrected chi connectivity index (χ4v) is 1.42. The Morgan fingerprint density at radius 3 is 2.21 bits per heavy atom. The highest BCUT2D eigenvalue weighted by molar-refractivity contribution is 4.64. The van der Waals surface area contributed by atoms with Gasteiger partial charge in [0.2, 0.25) is 0 Å². The molecular weight excluding hydrogens is 174 g/mol. The van der Waals surface area contributed by atoms with Gasteiger partial charge >= 0.3 is 0 Å². The van der Waals surface area contributed by atoms with Crippen LogP contribution in [0, 0.1) is 0 Å². The fourth-order valence-electron chi connectivity index (χ4n) is 1.42. The van der Waals surface area contributed by atoms with Crippen LogP contribution in [0.3, 0.4) is 0 Å². The first-order valence-corrected chi connectivity index (χ1v) is 5.99. The minimum absolute atomic E-state index is 0.132. The highest BCUT2D eigenvalue weighted by atomic mass is 16.5. The molecule has 0 aromatic heterocycles. The second-order valence-corrected chi connectivity index (χ2v) is 4.36. The van der Waals surface area contributed by atoms with Gasteiger partial charge < -0.3 is 10.5 Å². The molecule has 2 N–H and O–H groups in total. The van der Waals surface area contributed by atoms with Crippen molar-refractivity contribution in [3.8, 4) is 0 Å². The van der Waals surface area contributed by atoms with Crippen molar-refractivity contribution in [3.63, 3.8) is 0 Å². The first-order chi connectivity index (χ1) is 6.57. The third-order valence-corrected chi connectivity index (χ3v) is 2.65. The molecule has 0 aliphatic carbocycles. The summed E-state index contributed by atoms with van der Waals surface area (Å²) < 4.78 is 5.77. The molecular formula is C12H27NO. The zero-order chi connectivity index (χ0) is 11.0. The molecule has 0 aromatic rings. The zero-order valence-corrected chi connectivity index (χ0v) is 10.3.